The number of esters is 2. The third kappa shape index (κ3) is 4.37. The molecule has 19 heavy (non-hydrogen) atoms. The van der Waals surface area contributed by atoms with Crippen molar-refractivity contribution in [2.45, 2.75) is 70.5 Å². The second-order valence-corrected chi connectivity index (χ2v) is 5.48. The van der Waals surface area contributed by atoms with Gasteiger partial charge in [0.2, 0.25) is 0 Å². The second-order valence-electron chi connectivity index (χ2n) is 5.48. The second kappa shape index (κ2) is 6.73. The molecule has 2 aliphatic carbocycles. The highest BCUT2D eigenvalue weighted by Crippen LogP contribution is 2.23. The Hall–Kier alpha value is -1.32. The number of ether oxygens (including phenoxy) is 2. The molecule has 2 aliphatic rings. The molecule has 4 heteroatoms. The van der Waals surface area contributed by atoms with Crippen molar-refractivity contribution in [2.75, 3.05) is 0 Å². The predicted octanol–water partition coefficient (Wildman–Crippen LogP) is 2.90. The quantitative estimate of drug-likeness (QED) is 0.580. The zero-order chi connectivity index (χ0) is 13.7. The Labute approximate surface area is 114 Å². The molecule has 0 aliphatic heterocycles. The van der Waals surface area contributed by atoms with Gasteiger partial charge in [-0.2, -0.15) is 0 Å². The van der Waals surface area contributed by atoms with Crippen molar-refractivity contribution in [2.24, 2.45) is 0 Å². The van der Waals surface area contributed by atoms with Crippen molar-refractivity contribution >= 4 is 11.9 Å². The fourth-order valence-electron chi connectivity index (χ4n) is 2.69. The van der Waals surface area contributed by atoms with Crippen LogP contribution in [0.3, 0.4) is 0 Å². The van der Waals surface area contributed by atoms with E-state index in [1.165, 1.54) is 6.08 Å². The minimum atomic E-state index is -0.423. The summed E-state index contributed by atoms with van der Waals surface area (Å²) < 4.78 is 10.6. The highest BCUT2D eigenvalue weighted by molar-refractivity contribution is 5.95. The number of hydrogen-bond donors (Lipinski definition) is 0. The van der Waals surface area contributed by atoms with Gasteiger partial charge in [0.25, 0.3) is 0 Å². The van der Waals surface area contributed by atoms with Crippen molar-refractivity contribution in [1.29, 1.82) is 0 Å². The molecule has 0 saturated heterocycles. The van der Waals surface area contributed by atoms with Crippen LogP contribution in [0.15, 0.2) is 11.6 Å². The van der Waals surface area contributed by atoms with E-state index in [4.69, 9.17) is 9.47 Å². The molecule has 2 saturated carbocycles. The van der Waals surface area contributed by atoms with Gasteiger partial charge in [0, 0.05) is 11.6 Å². The zero-order valence-electron chi connectivity index (χ0n) is 11.5. The maximum atomic E-state index is 11.8. The van der Waals surface area contributed by atoms with E-state index in [2.05, 4.69) is 0 Å². The summed E-state index contributed by atoms with van der Waals surface area (Å²) in [5.41, 5.74) is 0.329. The summed E-state index contributed by atoms with van der Waals surface area (Å²) in [6, 6.07) is 0. The van der Waals surface area contributed by atoms with Gasteiger partial charge in [-0.1, -0.05) is 0 Å². The molecule has 0 amide bonds. The van der Waals surface area contributed by atoms with Crippen LogP contribution >= 0.6 is 0 Å². The van der Waals surface area contributed by atoms with Crippen molar-refractivity contribution in [1.82, 2.24) is 0 Å². The van der Waals surface area contributed by atoms with Crippen LogP contribution in [0.5, 0.6) is 0 Å². The van der Waals surface area contributed by atoms with E-state index in [0.29, 0.717) is 5.57 Å². The van der Waals surface area contributed by atoms with Crippen LogP contribution in [0, 0.1) is 0 Å². The summed E-state index contributed by atoms with van der Waals surface area (Å²) in [5.74, 6) is -0.817. The van der Waals surface area contributed by atoms with Gasteiger partial charge >= 0.3 is 11.9 Å². The fraction of sp³-hybridized carbons (Fsp3) is 0.733. The molecular formula is C15H22O4. The number of carbonyl (C=O) groups is 2. The molecule has 0 radical (unpaired) electrons. The van der Waals surface area contributed by atoms with Crippen LogP contribution < -0.4 is 0 Å². The maximum Gasteiger partial charge on any atom is 0.334 e. The van der Waals surface area contributed by atoms with Gasteiger partial charge in [-0.3, -0.25) is 0 Å². The third-order valence-electron chi connectivity index (χ3n) is 3.82. The lowest BCUT2D eigenvalue weighted by Crippen LogP contribution is -2.17. The summed E-state index contributed by atoms with van der Waals surface area (Å²) in [6.07, 6.45) is 9.52. The first kappa shape index (κ1) is 14.1. The van der Waals surface area contributed by atoms with Crippen molar-refractivity contribution in [3.63, 3.8) is 0 Å². The molecule has 2 fully saturated rings. The number of hydrogen-bond acceptors (Lipinski definition) is 4. The first-order valence-electron chi connectivity index (χ1n) is 7.25. The van der Waals surface area contributed by atoms with Gasteiger partial charge in [-0.25, -0.2) is 9.59 Å². The van der Waals surface area contributed by atoms with Crippen LogP contribution in [-0.2, 0) is 19.1 Å². The average Bonchev–Trinajstić information content (AvgIpc) is 3.01. The lowest BCUT2D eigenvalue weighted by atomic mass is 10.2. The summed E-state index contributed by atoms with van der Waals surface area (Å²) >= 11 is 0. The Morgan fingerprint density at radius 3 is 1.89 bits per heavy atom. The predicted molar refractivity (Wildman–Crippen MR) is 70.5 cm³/mol. The number of carbonyl (C=O) groups excluding carboxylic acids is 2. The minimum Gasteiger partial charge on any atom is -0.459 e. The van der Waals surface area contributed by atoms with E-state index in [9.17, 15) is 9.59 Å². The van der Waals surface area contributed by atoms with E-state index in [0.717, 1.165) is 51.4 Å². The summed E-state index contributed by atoms with van der Waals surface area (Å²) in [7, 11) is 0. The van der Waals surface area contributed by atoms with E-state index < -0.39 is 11.9 Å². The Kier molecular flexibility index (Phi) is 5.00. The SMILES string of the molecule is C/C(=C/C(=O)OC1CCCC1)C(=O)OC1CCCC1. The molecule has 0 heterocycles. The lowest BCUT2D eigenvalue weighted by Gasteiger charge is -2.12. The molecule has 0 atom stereocenters. The van der Waals surface area contributed by atoms with Crippen molar-refractivity contribution in [3.05, 3.63) is 11.6 Å². The highest BCUT2D eigenvalue weighted by Gasteiger charge is 2.21. The molecular weight excluding hydrogens is 244 g/mol. The zero-order valence-corrected chi connectivity index (χ0v) is 11.5. The van der Waals surface area contributed by atoms with Gasteiger partial charge in [0.15, 0.2) is 0 Å². The fourth-order valence-corrected chi connectivity index (χ4v) is 2.69. The van der Waals surface area contributed by atoms with Gasteiger partial charge in [0.05, 0.1) is 0 Å². The van der Waals surface area contributed by atoms with Gasteiger partial charge in [0.1, 0.15) is 12.2 Å². The van der Waals surface area contributed by atoms with E-state index in [1.807, 2.05) is 0 Å². The maximum absolute atomic E-state index is 11.8. The Bertz CT molecular complexity index is 360. The molecule has 2 rings (SSSR count). The van der Waals surface area contributed by atoms with Crippen LogP contribution in [-0.4, -0.2) is 24.1 Å². The van der Waals surface area contributed by atoms with Crippen molar-refractivity contribution < 1.29 is 19.1 Å². The van der Waals surface area contributed by atoms with Gasteiger partial charge in [-0.15, -0.1) is 0 Å². The average molecular weight is 266 g/mol. The highest BCUT2D eigenvalue weighted by atomic mass is 16.5. The molecule has 0 aromatic rings. The van der Waals surface area contributed by atoms with Gasteiger partial charge < -0.3 is 9.47 Å². The Balaban J connectivity index is 1.79. The van der Waals surface area contributed by atoms with E-state index in [1.54, 1.807) is 6.92 Å². The Morgan fingerprint density at radius 2 is 1.37 bits per heavy atom. The molecule has 0 spiro atoms. The largest absolute Gasteiger partial charge is 0.459 e. The Morgan fingerprint density at radius 1 is 0.895 bits per heavy atom. The normalized spacial score (nSPS) is 21.6. The first-order chi connectivity index (χ1) is 9.15. The standard InChI is InChI=1S/C15H22O4/c1-11(15(17)19-13-8-4-5-9-13)10-14(16)18-12-6-2-3-7-12/h10,12-13H,2-9H2,1H3/b11-10-. The molecule has 0 aromatic heterocycles. The summed E-state index contributed by atoms with van der Waals surface area (Å²) in [4.78, 5) is 23.4. The molecule has 4 nitrogen and oxygen atoms in total. The molecule has 0 N–H and O–H groups in total. The summed E-state index contributed by atoms with van der Waals surface area (Å²) in [6.45, 7) is 1.60. The number of rotatable bonds is 4. The third-order valence-corrected chi connectivity index (χ3v) is 3.82. The lowest BCUT2D eigenvalue weighted by molar-refractivity contribution is -0.146. The van der Waals surface area contributed by atoms with Crippen LogP contribution in [0.1, 0.15) is 58.3 Å². The van der Waals surface area contributed by atoms with Gasteiger partial charge in [-0.05, 0) is 58.3 Å². The van der Waals surface area contributed by atoms with Crippen molar-refractivity contribution in [3.8, 4) is 0 Å². The molecule has 0 aromatic carbocycles. The smallest absolute Gasteiger partial charge is 0.334 e. The summed E-state index contributed by atoms with van der Waals surface area (Å²) in [5, 5.41) is 0. The molecule has 106 valence electrons. The van der Waals surface area contributed by atoms with E-state index in [-0.39, 0.29) is 12.2 Å². The molecule has 0 unspecified atom stereocenters. The van der Waals surface area contributed by atoms with Crippen LogP contribution in [0.25, 0.3) is 0 Å². The molecule has 0 bridgehead atoms. The van der Waals surface area contributed by atoms with E-state index >= 15 is 0 Å². The monoisotopic (exact) mass is 266 g/mol. The minimum absolute atomic E-state index is 0.0294. The van der Waals surface area contributed by atoms with Crippen LogP contribution in [0.4, 0.5) is 0 Å². The topological polar surface area (TPSA) is 52.6 Å². The van der Waals surface area contributed by atoms with Crippen LogP contribution in [0.2, 0.25) is 0 Å². The first-order valence-corrected chi connectivity index (χ1v) is 7.25.